The zero-order valence-electron chi connectivity index (χ0n) is 17.8. The van der Waals surface area contributed by atoms with Crippen LogP contribution in [0.15, 0.2) is 53.1 Å². The molecule has 4 aromatic rings. The lowest BCUT2D eigenvalue weighted by Crippen LogP contribution is -2.30. The van der Waals surface area contributed by atoms with Gasteiger partial charge in [0.2, 0.25) is 0 Å². The number of carbonyl (C=O) groups is 1. The van der Waals surface area contributed by atoms with Crippen molar-refractivity contribution < 1.29 is 28.5 Å². The fourth-order valence-corrected chi connectivity index (χ4v) is 4.33. The minimum absolute atomic E-state index is 0.0766. The average Bonchev–Trinajstić information content (AvgIpc) is 3.51. The number of hydrogen-bond acceptors (Lipinski definition) is 10. The average molecular weight is 484 g/mol. The molecule has 13 heteroatoms. The number of benzene rings is 2. The molecular formula is C21H16N4O8S. The number of furan rings is 1. The van der Waals surface area contributed by atoms with Crippen molar-refractivity contribution in [3.05, 3.63) is 80.3 Å². The van der Waals surface area contributed by atoms with E-state index >= 15 is 0 Å². The summed E-state index contributed by atoms with van der Waals surface area (Å²) >= 11 is 1.13. The maximum atomic E-state index is 13.6. The van der Waals surface area contributed by atoms with E-state index in [1.807, 2.05) is 0 Å². The normalized spacial score (nSPS) is 10.8. The van der Waals surface area contributed by atoms with Crippen molar-refractivity contribution >= 4 is 44.0 Å². The van der Waals surface area contributed by atoms with Crippen LogP contribution in [0.2, 0.25) is 0 Å². The first-order chi connectivity index (χ1) is 16.3. The Balaban J connectivity index is 1.87. The summed E-state index contributed by atoms with van der Waals surface area (Å²) in [7, 11) is 2.98. The Morgan fingerprint density at radius 3 is 2.26 bits per heavy atom. The predicted octanol–water partition coefficient (Wildman–Crippen LogP) is 4.57. The molecule has 0 atom stereocenters. The van der Waals surface area contributed by atoms with Gasteiger partial charge < -0.3 is 13.9 Å². The maximum Gasteiger partial charge on any atom is 0.277 e. The Bertz CT molecular complexity index is 1330. The number of methoxy groups -OCH3 is 2. The van der Waals surface area contributed by atoms with Crippen LogP contribution >= 0.6 is 11.3 Å². The molecule has 2 aromatic carbocycles. The molecule has 4 rings (SSSR count). The van der Waals surface area contributed by atoms with Crippen LogP contribution in [0.3, 0.4) is 0 Å². The maximum absolute atomic E-state index is 13.6. The van der Waals surface area contributed by atoms with Gasteiger partial charge in [-0.25, -0.2) is 4.98 Å². The first-order valence-electron chi connectivity index (χ1n) is 9.62. The second-order valence-electron chi connectivity index (χ2n) is 6.87. The van der Waals surface area contributed by atoms with Crippen LogP contribution < -0.4 is 14.4 Å². The predicted molar refractivity (Wildman–Crippen MR) is 122 cm³/mol. The molecule has 0 radical (unpaired) electrons. The van der Waals surface area contributed by atoms with E-state index in [1.54, 1.807) is 24.3 Å². The van der Waals surface area contributed by atoms with Crippen LogP contribution in [-0.2, 0) is 6.54 Å². The summed E-state index contributed by atoms with van der Waals surface area (Å²) in [4.78, 5) is 40.3. The molecule has 2 heterocycles. The largest absolute Gasteiger partial charge is 0.495 e. The highest BCUT2D eigenvalue weighted by Crippen LogP contribution is 2.41. The number of aromatic nitrogens is 1. The number of ether oxygens (including phenoxy) is 2. The number of amides is 1. The zero-order chi connectivity index (χ0) is 24.4. The summed E-state index contributed by atoms with van der Waals surface area (Å²) in [5.41, 5.74) is -0.957. The van der Waals surface area contributed by atoms with Crippen LogP contribution in [0.4, 0.5) is 16.5 Å². The van der Waals surface area contributed by atoms with Gasteiger partial charge in [-0.15, -0.1) is 0 Å². The quantitative estimate of drug-likeness (QED) is 0.259. The lowest BCUT2D eigenvalue weighted by molar-refractivity contribution is -0.394. The number of thiazole rings is 1. The van der Waals surface area contributed by atoms with E-state index < -0.39 is 27.1 Å². The van der Waals surface area contributed by atoms with Gasteiger partial charge in [-0.1, -0.05) is 11.3 Å². The Kier molecular flexibility index (Phi) is 6.10. The second kappa shape index (κ2) is 9.15. The van der Waals surface area contributed by atoms with Gasteiger partial charge in [0, 0.05) is 12.1 Å². The van der Waals surface area contributed by atoms with Gasteiger partial charge in [0.25, 0.3) is 17.3 Å². The van der Waals surface area contributed by atoms with E-state index in [1.165, 1.54) is 25.4 Å². The van der Waals surface area contributed by atoms with Crippen molar-refractivity contribution in [1.29, 1.82) is 0 Å². The van der Waals surface area contributed by atoms with Crippen LogP contribution in [0.5, 0.6) is 11.5 Å². The number of nitrogens with zero attached hydrogens (tertiary/aromatic N) is 4. The molecule has 12 nitrogen and oxygen atoms in total. The Labute approximate surface area is 195 Å². The number of hydrogen-bond donors (Lipinski definition) is 0. The SMILES string of the molecule is COc1ccc(OC)c2sc(N(Cc3ccco3)C(=O)c3cc([N+](=O)[O-])cc([N+](=O)[O-])c3)nc12. The van der Waals surface area contributed by atoms with Gasteiger partial charge in [-0.05, 0) is 24.3 Å². The molecule has 0 aliphatic rings. The molecule has 0 spiro atoms. The van der Waals surface area contributed by atoms with Crippen LogP contribution in [0.25, 0.3) is 10.2 Å². The van der Waals surface area contributed by atoms with E-state index in [-0.39, 0.29) is 17.2 Å². The highest BCUT2D eigenvalue weighted by molar-refractivity contribution is 7.22. The van der Waals surface area contributed by atoms with E-state index in [2.05, 4.69) is 4.98 Å². The van der Waals surface area contributed by atoms with Crippen molar-refractivity contribution in [3.8, 4) is 11.5 Å². The van der Waals surface area contributed by atoms with E-state index in [4.69, 9.17) is 13.9 Å². The summed E-state index contributed by atoms with van der Waals surface area (Å²) in [6, 6.07) is 9.42. The lowest BCUT2D eigenvalue weighted by Gasteiger charge is -2.18. The lowest BCUT2D eigenvalue weighted by atomic mass is 10.1. The highest BCUT2D eigenvalue weighted by Gasteiger charge is 2.28. The van der Waals surface area contributed by atoms with Crippen molar-refractivity contribution in [2.75, 3.05) is 19.1 Å². The number of non-ortho nitro benzene ring substituents is 2. The fourth-order valence-electron chi connectivity index (χ4n) is 3.26. The highest BCUT2D eigenvalue weighted by atomic mass is 32.1. The van der Waals surface area contributed by atoms with Crippen LogP contribution in [-0.4, -0.2) is 35.0 Å². The summed E-state index contributed by atoms with van der Waals surface area (Å²) in [6.45, 7) is -0.0766. The smallest absolute Gasteiger partial charge is 0.277 e. The Morgan fingerprint density at radius 1 is 1.06 bits per heavy atom. The molecule has 1 amide bonds. The molecule has 34 heavy (non-hydrogen) atoms. The molecule has 0 N–H and O–H groups in total. The number of carbonyl (C=O) groups excluding carboxylic acids is 1. The van der Waals surface area contributed by atoms with Crippen molar-refractivity contribution in [2.45, 2.75) is 6.54 Å². The van der Waals surface area contributed by atoms with Crippen molar-refractivity contribution in [3.63, 3.8) is 0 Å². The minimum atomic E-state index is -0.798. The van der Waals surface area contributed by atoms with Gasteiger partial charge in [0.1, 0.15) is 27.5 Å². The summed E-state index contributed by atoms with van der Waals surface area (Å²) in [6.07, 6.45) is 1.43. The Hall–Kier alpha value is -4.52. The molecule has 0 fully saturated rings. The molecular weight excluding hydrogens is 468 g/mol. The monoisotopic (exact) mass is 484 g/mol. The molecule has 2 aromatic heterocycles. The van der Waals surface area contributed by atoms with Gasteiger partial charge >= 0.3 is 0 Å². The third-order valence-electron chi connectivity index (χ3n) is 4.84. The third-order valence-corrected chi connectivity index (χ3v) is 5.93. The van der Waals surface area contributed by atoms with Gasteiger partial charge in [0.05, 0.1) is 48.5 Å². The molecule has 0 bridgehead atoms. The summed E-state index contributed by atoms with van der Waals surface area (Å²) in [5.74, 6) is 0.636. The first kappa shape index (κ1) is 22.7. The second-order valence-corrected chi connectivity index (χ2v) is 7.84. The van der Waals surface area contributed by atoms with E-state index in [9.17, 15) is 25.0 Å². The zero-order valence-corrected chi connectivity index (χ0v) is 18.6. The third kappa shape index (κ3) is 4.23. The molecule has 0 saturated heterocycles. The number of nitro benzene ring substituents is 2. The molecule has 0 aliphatic heterocycles. The summed E-state index contributed by atoms with van der Waals surface area (Å²) in [5, 5.41) is 22.8. The van der Waals surface area contributed by atoms with Crippen molar-refractivity contribution in [2.24, 2.45) is 0 Å². The molecule has 174 valence electrons. The van der Waals surface area contributed by atoms with Gasteiger partial charge in [-0.3, -0.25) is 29.9 Å². The molecule has 0 aliphatic carbocycles. The first-order valence-corrected chi connectivity index (χ1v) is 10.4. The topological polar surface area (TPSA) is 151 Å². The minimum Gasteiger partial charge on any atom is -0.495 e. The fraction of sp³-hybridized carbons (Fsp3) is 0.143. The summed E-state index contributed by atoms with van der Waals surface area (Å²) < 4.78 is 16.8. The Morgan fingerprint density at radius 2 is 1.71 bits per heavy atom. The van der Waals surface area contributed by atoms with E-state index in [0.717, 1.165) is 29.5 Å². The standard InChI is InChI=1S/C21H16N4O8S/c1-31-16-5-6-17(32-2)19-18(16)22-21(34-19)23(11-15-4-3-7-33-15)20(26)12-8-13(24(27)28)10-14(9-12)25(29)30/h3-10H,11H2,1-2H3. The number of nitro groups is 2. The number of anilines is 1. The van der Waals surface area contributed by atoms with Crippen LogP contribution in [0.1, 0.15) is 16.1 Å². The number of fused-ring (bicyclic) bond motifs is 1. The van der Waals surface area contributed by atoms with E-state index in [0.29, 0.717) is 27.5 Å². The van der Waals surface area contributed by atoms with Gasteiger partial charge in [0.15, 0.2) is 5.13 Å². The molecule has 0 unspecified atom stereocenters. The number of rotatable bonds is 8. The van der Waals surface area contributed by atoms with Crippen LogP contribution in [0, 0.1) is 20.2 Å². The van der Waals surface area contributed by atoms with Crippen molar-refractivity contribution in [1.82, 2.24) is 4.98 Å². The molecule has 0 saturated carbocycles. The van der Waals surface area contributed by atoms with Gasteiger partial charge in [-0.2, -0.15) is 0 Å².